The van der Waals surface area contributed by atoms with Crippen LogP contribution in [0.15, 0.2) is 59.8 Å². The van der Waals surface area contributed by atoms with Crippen LogP contribution in [0.3, 0.4) is 0 Å². The Hall–Kier alpha value is -3.99. The standard InChI is InChI=1S/C22H21N3O5/c1-3-29-21(26)19-17(13-30-18-7-5-4-6-15(18)12-23)24-22(27)25-20(19)14-8-10-16(28-2)11-9-14/h4-11,20H,3,13H2,1-2H3,(H2,24,25,27)/t20-/m1/s1. The number of carbonyl (C=O) groups excluding carboxylic acids is 2. The molecule has 0 aromatic heterocycles. The van der Waals surface area contributed by atoms with Crippen LogP contribution in [-0.2, 0) is 9.53 Å². The number of hydrogen-bond donors (Lipinski definition) is 2. The van der Waals surface area contributed by atoms with Gasteiger partial charge in [-0.25, -0.2) is 9.59 Å². The van der Waals surface area contributed by atoms with Crippen molar-refractivity contribution in [1.29, 1.82) is 5.26 Å². The fourth-order valence-electron chi connectivity index (χ4n) is 3.06. The van der Waals surface area contributed by atoms with Gasteiger partial charge in [-0.1, -0.05) is 24.3 Å². The van der Waals surface area contributed by atoms with Crippen molar-refractivity contribution in [2.45, 2.75) is 13.0 Å². The van der Waals surface area contributed by atoms with Crippen molar-refractivity contribution < 1.29 is 23.8 Å². The lowest BCUT2D eigenvalue weighted by Gasteiger charge is -2.29. The molecule has 0 saturated carbocycles. The third-order valence-corrected chi connectivity index (χ3v) is 4.48. The highest BCUT2D eigenvalue weighted by molar-refractivity contribution is 5.95. The topological polar surface area (TPSA) is 110 Å². The van der Waals surface area contributed by atoms with Crippen LogP contribution in [0, 0.1) is 11.3 Å². The van der Waals surface area contributed by atoms with Gasteiger partial charge >= 0.3 is 12.0 Å². The number of esters is 1. The zero-order chi connectivity index (χ0) is 21.5. The minimum Gasteiger partial charge on any atom is -0.497 e. The highest BCUT2D eigenvalue weighted by Gasteiger charge is 2.34. The fraction of sp³-hybridized carbons (Fsp3) is 0.227. The van der Waals surface area contributed by atoms with Gasteiger partial charge in [0, 0.05) is 0 Å². The molecule has 1 aliphatic rings. The van der Waals surface area contributed by atoms with Crippen LogP contribution in [0.25, 0.3) is 0 Å². The molecular formula is C22H21N3O5. The molecule has 0 aliphatic carbocycles. The number of para-hydroxylation sites is 1. The first-order valence-corrected chi connectivity index (χ1v) is 9.31. The Morgan fingerprint density at radius 2 is 1.90 bits per heavy atom. The number of amides is 2. The number of benzene rings is 2. The van der Waals surface area contributed by atoms with E-state index in [2.05, 4.69) is 10.6 Å². The number of nitrogens with zero attached hydrogens (tertiary/aromatic N) is 1. The average Bonchev–Trinajstić information content (AvgIpc) is 2.77. The van der Waals surface area contributed by atoms with Gasteiger partial charge in [0.25, 0.3) is 0 Å². The minimum atomic E-state index is -0.728. The molecule has 0 fully saturated rings. The number of nitriles is 1. The van der Waals surface area contributed by atoms with Crippen molar-refractivity contribution in [1.82, 2.24) is 10.6 Å². The van der Waals surface area contributed by atoms with Gasteiger partial charge in [-0.05, 0) is 36.8 Å². The van der Waals surface area contributed by atoms with Crippen LogP contribution in [0.5, 0.6) is 11.5 Å². The maximum atomic E-state index is 12.8. The molecule has 1 atom stereocenters. The van der Waals surface area contributed by atoms with E-state index in [9.17, 15) is 14.9 Å². The second kappa shape index (κ2) is 9.47. The molecule has 0 bridgehead atoms. The number of ether oxygens (including phenoxy) is 3. The van der Waals surface area contributed by atoms with Crippen molar-refractivity contribution in [2.75, 3.05) is 20.3 Å². The van der Waals surface area contributed by atoms with Gasteiger partial charge in [-0.15, -0.1) is 0 Å². The summed E-state index contributed by atoms with van der Waals surface area (Å²) in [5.74, 6) is 0.430. The summed E-state index contributed by atoms with van der Waals surface area (Å²) in [6, 6.07) is 14.6. The first kappa shape index (κ1) is 20.7. The summed E-state index contributed by atoms with van der Waals surface area (Å²) in [5, 5.41) is 14.6. The molecule has 2 amide bonds. The maximum Gasteiger partial charge on any atom is 0.338 e. The Bertz CT molecular complexity index is 1010. The summed E-state index contributed by atoms with van der Waals surface area (Å²) in [7, 11) is 1.56. The molecule has 1 heterocycles. The van der Waals surface area contributed by atoms with Gasteiger partial charge in [0.2, 0.25) is 0 Å². The molecule has 8 heteroatoms. The van der Waals surface area contributed by atoms with Gasteiger partial charge < -0.3 is 24.8 Å². The summed E-state index contributed by atoms with van der Waals surface area (Å²) in [6.07, 6.45) is 0. The normalized spacial score (nSPS) is 15.5. The smallest absolute Gasteiger partial charge is 0.338 e. The summed E-state index contributed by atoms with van der Waals surface area (Å²) >= 11 is 0. The van der Waals surface area contributed by atoms with Crippen LogP contribution in [0.1, 0.15) is 24.1 Å². The highest BCUT2D eigenvalue weighted by atomic mass is 16.5. The van der Waals surface area contributed by atoms with Crippen LogP contribution < -0.4 is 20.1 Å². The van der Waals surface area contributed by atoms with Gasteiger partial charge in [0.15, 0.2) is 0 Å². The summed E-state index contributed by atoms with van der Waals surface area (Å²) in [4.78, 5) is 25.1. The number of urea groups is 1. The van der Waals surface area contributed by atoms with E-state index >= 15 is 0 Å². The molecule has 2 N–H and O–H groups in total. The molecule has 8 nitrogen and oxygen atoms in total. The number of hydrogen-bond acceptors (Lipinski definition) is 6. The molecule has 154 valence electrons. The van der Waals surface area contributed by atoms with Crippen molar-refractivity contribution in [3.05, 3.63) is 70.9 Å². The van der Waals surface area contributed by atoms with E-state index in [0.717, 1.165) is 0 Å². The Morgan fingerprint density at radius 1 is 1.17 bits per heavy atom. The Kier molecular flexibility index (Phi) is 6.55. The third-order valence-electron chi connectivity index (χ3n) is 4.48. The van der Waals surface area contributed by atoms with Crippen LogP contribution >= 0.6 is 0 Å². The highest BCUT2D eigenvalue weighted by Crippen LogP contribution is 2.29. The number of rotatable bonds is 7. The van der Waals surface area contributed by atoms with Gasteiger partial charge in [-0.3, -0.25) is 0 Å². The quantitative estimate of drug-likeness (QED) is 0.683. The van der Waals surface area contributed by atoms with Crippen molar-refractivity contribution in [2.24, 2.45) is 0 Å². The Balaban J connectivity index is 1.98. The summed E-state index contributed by atoms with van der Waals surface area (Å²) < 4.78 is 16.1. The van der Waals surface area contributed by atoms with E-state index in [4.69, 9.17) is 14.2 Å². The lowest BCUT2D eigenvalue weighted by Crippen LogP contribution is -2.47. The molecule has 2 aromatic rings. The van der Waals surface area contributed by atoms with Crippen LogP contribution in [0.2, 0.25) is 0 Å². The molecule has 3 rings (SSSR count). The minimum absolute atomic E-state index is 0.118. The zero-order valence-electron chi connectivity index (χ0n) is 16.6. The Morgan fingerprint density at radius 3 is 2.57 bits per heavy atom. The molecule has 2 aromatic carbocycles. The Labute approximate surface area is 174 Å². The van der Waals surface area contributed by atoms with Gasteiger partial charge in [-0.2, -0.15) is 5.26 Å². The van der Waals surface area contributed by atoms with Gasteiger partial charge in [0.1, 0.15) is 24.2 Å². The van der Waals surface area contributed by atoms with Gasteiger partial charge in [0.05, 0.1) is 36.6 Å². The lowest BCUT2D eigenvalue weighted by molar-refractivity contribution is -0.139. The third kappa shape index (κ3) is 4.52. The second-order valence-electron chi connectivity index (χ2n) is 6.31. The molecule has 30 heavy (non-hydrogen) atoms. The van der Waals surface area contributed by atoms with E-state index in [1.54, 1.807) is 62.6 Å². The summed E-state index contributed by atoms with van der Waals surface area (Å²) in [5.41, 5.74) is 1.54. The van der Waals surface area contributed by atoms with E-state index in [1.807, 2.05) is 6.07 Å². The molecule has 0 radical (unpaired) electrons. The van der Waals surface area contributed by atoms with E-state index < -0.39 is 18.0 Å². The molecule has 0 saturated heterocycles. The predicted molar refractivity (Wildman–Crippen MR) is 108 cm³/mol. The largest absolute Gasteiger partial charge is 0.497 e. The van der Waals surface area contributed by atoms with Crippen LogP contribution in [0.4, 0.5) is 4.79 Å². The van der Waals surface area contributed by atoms with E-state index in [1.165, 1.54) is 0 Å². The fourth-order valence-corrected chi connectivity index (χ4v) is 3.06. The SMILES string of the molecule is CCOC(=O)C1=C(COc2ccccc2C#N)NC(=O)N[C@@H]1c1ccc(OC)cc1. The first-order chi connectivity index (χ1) is 14.6. The first-order valence-electron chi connectivity index (χ1n) is 9.31. The lowest BCUT2D eigenvalue weighted by atomic mass is 9.95. The summed E-state index contributed by atoms with van der Waals surface area (Å²) in [6.45, 7) is 1.76. The van der Waals surface area contributed by atoms with Crippen LogP contribution in [-0.4, -0.2) is 32.3 Å². The second-order valence-corrected chi connectivity index (χ2v) is 6.31. The van der Waals surface area contributed by atoms with Crippen molar-refractivity contribution >= 4 is 12.0 Å². The zero-order valence-corrected chi connectivity index (χ0v) is 16.6. The maximum absolute atomic E-state index is 12.8. The molecule has 0 unspecified atom stereocenters. The van der Waals surface area contributed by atoms with E-state index in [0.29, 0.717) is 22.6 Å². The van der Waals surface area contributed by atoms with E-state index in [-0.39, 0.29) is 24.5 Å². The van der Waals surface area contributed by atoms with Crippen molar-refractivity contribution in [3.8, 4) is 17.6 Å². The molecular weight excluding hydrogens is 386 g/mol. The van der Waals surface area contributed by atoms with Crippen molar-refractivity contribution in [3.63, 3.8) is 0 Å². The number of nitrogens with one attached hydrogen (secondary N) is 2. The molecule has 1 aliphatic heterocycles. The predicted octanol–water partition coefficient (Wildman–Crippen LogP) is 2.82. The number of methoxy groups -OCH3 is 1. The monoisotopic (exact) mass is 407 g/mol. The number of carbonyl (C=O) groups is 2. The average molecular weight is 407 g/mol. The molecule has 0 spiro atoms.